The summed E-state index contributed by atoms with van der Waals surface area (Å²) in [6, 6.07) is 13.2. The molecule has 1 saturated heterocycles. The summed E-state index contributed by atoms with van der Waals surface area (Å²) < 4.78 is 55.8. The lowest BCUT2D eigenvalue weighted by atomic mass is 10.1. The normalized spacial score (nSPS) is 21.9. The molecule has 1 heterocycles. The molecule has 1 aliphatic heterocycles. The van der Waals surface area contributed by atoms with Gasteiger partial charge in [0.15, 0.2) is 19.7 Å². The lowest BCUT2D eigenvalue weighted by Crippen LogP contribution is -2.43. The van der Waals surface area contributed by atoms with E-state index in [1.54, 1.807) is 19.2 Å². The molecule has 1 N–H and O–H groups in total. The van der Waals surface area contributed by atoms with Gasteiger partial charge in [-0.05, 0) is 25.1 Å². The van der Waals surface area contributed by atoms with E-state index < -0.39 is 31.0 Å². The van der Waals surface area contributed by atoms with Crippen LogP contribution in [0.15, 0.2) is 53.4 Å². The second-order valence-corrected chi connectivity index (χ2v) is 11.1. The van der Waals surface area contributed by atoms with Crippen LogP contribution in [0.3, 0.4) is 0 Å². The van der Waals surface area contributed by atoms with Crippen LogP contribution in [0.25, 0.3) is 0 Å². The molecule has 1 fully saturated rings. The summed E-state index contributed by atoms with van der Waals surface area (Å²) in [5, 5.41) is 2.11. The highest BCUT2D eigenvalue weighted by Gasteiger charge is 2.45. The lowest BCUT2D eigenvalue weighted by molar-refractivity contribution is 0.406. The van der Waals surface area contributed by atoms with Gasteiger partial charge in [-0.1, -0.05) is 35.9 Å². The number of hydrogen-bond acceptors (Lipinski definition) is 6. The summed E-state index contributed by atoms with van der Waals surface area (Å²) in [5.41, 5.74) is 1.79. The van der Waals surface area contributed by atoms with E-state index in [-0.39, 0.29) is 16.4 Å². The number of methoxy groups -OCH3 is 1. The third-order valence-corrected chi connectivity index (χ3v) is 8.96. The minimum atomic E-state index is -3.77. The van der Waals surface area contributed by atoms with Crippen LogP contribution in [0.1, 0.15) is 11.1 Å². The Balaban J connectivity index is 1.86. The number of sulfone groups is 2. The van der Waals surface area contributed by atoms with Crippen molar-refractivity contribution < 1.29 is 21.6 Å². The summed E-state index contributed by atoms with van der Waals surface area (Å²) in [6.07, 6.45) is 0. The summed E-state index contributed by atoms with van der Waals surface area (Å²) in [6.45, 7) is 2.19. The monoisotopic (exact) mass is 409 g/mol. The Labute approximate surface area is 160 Å². The van der Waals surface area contributed by atoms with Crippen molar-refractivity contribution in [1.29, 1.82) is 0 Å². The number of nitrogens with one attached hydrogen (secondary N) is 1. The second-order valence-electron chi connectivity index (χ2n) is 6.77. The highest BCUT2D eigenvalue weighted by atomic mass is 32.2. The van der Waals surface area contributed by atoms with E-state index >= 15 is 0 Å². The largest absolute Gasteiger partial charge is 0.496 e. The maximum absolute atomic E-state index is 13.0. The van der Waals surface area contributed by atoms with Crippen LogP contribution in [0.2, 0.25) is 0 Å². The van der Waals surface area contributed by atoms with Gasteiger partial charge in [-0.15, -0.1) is 0 Å². The minimum Gasteiger partial charge on any atom is -0.496 e. The third-order valence-electron chi connectivity index (χ3n) is 4.80. The summed E-state index contributed by atoms with van der Waals surface area (Å²) in [5.74, 6) is 0.105. The highest BCUT2D eigenvalue weighted by Crippen LogP contribution is 2.27. The fourth-order valence-corrected chi connectivity index (χ4v) is 8.02. The molecule has 6 nitrogen and oxygen atoms in total. The van der Waals surface area contributed by atoms with E-state index in [0.717, 1.165) is 11.1 Å². The van der Waals surface area contributed by atoms with Gasteiger partial charge in [-0.2, -0.15) is 0 Å². The zero-order chi connectivity index (χ0) is 19.7. The molecule has 0 bridgehead atoms. The van der Waals surface area contributed by atoms with E-state index in [1.165, 1.54) is 12.1 Å². The molecular weight excluding hydrogens is 386 g/mol. The number of rotatable bonds is 6. The Hall–Kier alpha value is -1.90. The number of aryl methyl sites for hydroxylation is 1. The van der Waals surface area contributed by atoms with Gasteiger partial charge in [-0.25, -0.2) is 16.8 Å². The van der Waals surface area contributed by atoms with Crippen LogP contribution in [0.4, 0.5) is 0 Å². The van der Waals surface area contributed by atoms with Gasteiger partial charge in [0, 0.05) is 18.2 Å². The molecule has 146 valence electrons. The van der Waals surface area contributed by atoms with E-state index in [4.69, 9.17) is 4.74 Å². The van der Waals surface area contributed by atoms with E-state index in [1.807, 2.05) is 31.2 Å². The zero-order valence-electron chi connectivity index (χ0n) is 15.3. The topological polar surface area (TPSA) is 89.5 Å². The van der Waals surface area contributed by atoms with Crippen LogP contribution in [-0.2, 0) is 26.2 Å². The Morgan fingerprint density at radius 1 is 1.07 bits per heavy atom. The zero-order valence-corrected chi connectivity index (χ0v) is 16.9. The minimum absolute atomic E-state index is 0.152. The second kappa shape index (κ2) is 7.61. The molecule has 2 aromatic carbocycles. The number of para-hydroxylation sites is 1. The smallest absolute Gasteiger partial charge is 0.183 e. The SMILES string of the molecule is COc1ccccc1CNC1CS(=O)(=O)CC1S(=O)(=O)c1ccc(C)cc1. The maximum atomic E-state index is 13.0. The molecular formula is C19H23NO5S2. The van der Waals surface area contributed by atoms with Crippen LogP contribution in [-0.4, -0.2) is 46.7 Å². The standard InChI is InChI=1S/C19H23NO5S2/c1-14-7-9-16(10-8-14)27(23,24)19-13-26(21,22)12-17(19)20-11-15-5-3-4-6-18(15)25-2/h3-10,17,19-20H,11-13H2,1-2H3. The quantitative estimate of drug-likeness (QED) is 0.782. The molecule has 2 atom stereocenters. The van der Waals surface area contributed by atoms with Crippen molar-refractivity contribution in [2.24, 2.45) is 0 Å². The molecule has 0 aliphatic carbocycles. The first-order valence-corrected chi connectivity index (χ1v) is 12.0. The Bertz CT molecular complexity index is 1010. The van der Waals surface area contributed by atoms with E-state index in [2.05, 4.69) is 5.32 Å². The highest BCUT2D eigenvalue weighted by molar-refractivity contribution is 7.96. The fraction of sp³-hybridized carbons (Fsp3) is 0.368. The predicted octanol–water partition coefficient (Wildman–Crippen LogP) is 1.73. The maximum Gasteiger partial charge on any atom is 0.183 e. The van der Waals surface area contributed by atoms with Gasteiger partial charge in [0.2, 0.25) is 0 Å². The summed E-state index contributed by atoms with van der Waals surface area (Å²) in [7, 11) is -5.65. The van der Waals surface area contributed by atoms with Crippen LogP contribution < -0.4 is 10.1 Å². The Morgan fingerprint density at radius 2 is 1.74 bits per heavy atom. The average molecular weight is 410 g/mol. The molecule has 0 saturated carbocycles. The summed E-state index contributed by atoms with van der Waals surface area (Å²) >= 11 is 0. The average Bonchev–Trinajstić information content (AvgIpc) is 2.96. The lowest BCUT2D eigenvalue weighted by Gasteiger charge is -2.20. The molecule has 0 radical (unpaired) electrons. The van der Waals surface area contributed by atoms with Gasteiger partial charge in [0.25, 0.3) is 0 Å². The molecule has 1 aliphatic rings. The molecule has 2 unspecified atom stereocenters. The molecule has 0 aromatic heterocycles. The predicted molar refractivity (Wildman–Crippen MR) is 104 cm³/mol. The van der Waals surface area contributed by atoms with Gasteiger partial charge < -0.3 is 10.1 Å². The van der Waals surface area contributed by atoms with Crippen LogP contribution in [0, 0.1) is 6.92 Å². The van der Waals surface area contributed by atoms with Crippen molar-refractivity contribution in [3.63, 3.8) is 0 Å². The first-order chi connectivity index (χ1) is 12.7. The summed E-state index contributed by atoms with van der Waals surface area (Å²) in [4.78, 5) is 0.152. The third kappa shape index (κ3) is 4.34. The molecule has 0 spiro atoms. The van der Waals surface area contributed by atoms with Crippen molar-refractivity contribution in [3.8, 4) is 5.75 Å². The Kier molecular flexibility index (Phi) is 5.60. The van der Waals surface area contributed by atoms with Gasteiger partial charge in [0.05, 0.1) is 28.8 Å². The van der Waals surface area contributed by atoms with Crippen LogP contribution in [0.5, 0.6) is 5.75 Å². The molecule has 3 rings (SSSR count). The van der Waals surface area contributed by atoms with Crippen molar-refractivity contribution in [2.45, 2.75) is 29.7 Å². The first kappa shape index (κ1) is 19.9. The molecule has 27 heavy (non-hydrogen) atoms. The first-order valence-electron chi connectivity index (χ1n) is 8.59. The van der Waals surface area contributed by atoms with Crippen molar-refractivity contribution >= 4 is 19.7 Å². The van der Waals surface area contributed by atoms with Gasteiger partial charge >= 0.3 is 0 Å². The van der Waals surface area contributed by atoms with Crippen molar-refractivity contribution in [3.05, 3.63) is 59.7 Å². The van der Waals surface area contributed by atoms with Crippen molar-refractivity contribution in [2.75, 3.05) is 18.6 Å². The number of benzene rings is 2. The van der Waals surface area contributed by atoms with Gasteiger partial charge in [-0.3, -0.25) is 0 Å². The van der Waals surface area contributed by atoms with Gasteiger partial charge in [0.1, 0.15) is 5.75 Å². The van der Waals surface area contributed by atoms with Crippen LogP contribution >= 0.6 is 0 Å². The Morgan fingerprint density at radius 3 is 2.41 bits per heavy atom. The molecule has 0 amide bonds. The molecule has 8 heteroatoms. The number of ether oxygens (including phenoxy) is 1. The van der Waals surface area contributed by atoms with E-state index in [9.17, 15) is 16.8 Å². The van der Waals surface area contributed by atoms with Crippen molar-refractivity contribution in [1.82, 2.24) is 5.32 Å². The number of hydrogen-bond donors (Lipinski definition) is 1. The van der Waals surface area contributed by atoms with E-state index in [0.29, 0.717) is 12.3 Å². The molecule has 2 aromatic rings. The fourth-order valence-electron chi connectivity index (χ4n) is 3.30.